The van der Waals surface area contributed by atoms with Gasteiger partial charge in [-0.3, -0.25) is 9.59 Å². The lowest BCUT2D eigenvalue weighted by atomic mass is 9.95. The Hall–Kier alpha value is -2.57. The summed E-state index contributed by atoms with van der Waals surface area (Å²) in [5.41, 5.74) is 7.53. The van der Waals surface area contributed by atoms with Gasteiger partial charge in [-0.1, -0.05) is 48.9 Å². The molecule has 0 saturated carbocycles. The minimum absolute atomic E-state index is 0.120. The van der Waals surface area contributed by atoms with Crippen LogP contribution in [0, 0.1) is 5.92 Å². The van der Waals surface area contributed by atoms with Crippen LogP contribution in [0.4, 0.5) is 5.69 Å². The van der Waals surface area contributed by atoms with E-state index < -0.39 is 12.0 Å². The van der Waals surface area contributed by atoms with Crippen LogP contribution >= 0.6 is 11.6 Å². The van der Waals surface area contributed by atoms with Crippen molar-refractivity contribution in [2.45, 2.75) is 19.4 Å². The zero-order valence-corrected chi connectivity index (χ0v) is 16.1. The first-order valence-electron chi connectivity index (χ1n) is 8.64. The fourth-order valence-corrected chi connectivity index (χ4v) is 2.75. The van der Waals surface area contributed by atoms with Crippen molar-refractivity contribution in [1.29, 1.82) is 0 Å². The van der Waals surface area contributed by atoms with Crippen LogP contribution in [0.5, 0.6) is 5.75 Å². The highest BCUT2D eigenvalue weighted by molar-refractivity contribution is 6.31. The van der Waals surface area contributed by atoms with Crippen LogP contribution < -0.4 is 21.1 Å². The third-order valence-corrected chi connectivity index (χ3v) is 4.46. The van der Waals surface area contributed by atoms with Crippen molar-refractivity contribution < 1.29 is 14.3 Å². The van der Waals surface area contributed by atoms with Crippen molar-refractivity contribution in [3.63, 3.8) is 0 Å². The second-order valence-corrected chi connectivity index (χ2v) is 6.60. The van der Waals surface area contributed by atoms with E-state index in [1.165, 1.54) is 7.11 Å². The molecule has 2 unspecified atom stereocenters. The summed E-state index contributed by atoms with van der Waals surface area (Å²) in [5.74, 6) is -0.349. The summed E-state index contributed by atoms with van der Waals surface area (Å²) in [6.45, 7) is 1.98. The molecule has 2 atom stereocenters. The molecule has 7 heteroatoms. The Morgan fingerprint density at radius 1 is 1.19 bits per heavy atom. The van der Waals surface area contributed by atoms with Gasteiger partial charge >= 0.3 is 0 Å². The molecule has 0 fully saturated rings. The summed E-state index contributed by atoms with van der Waals surface area (Å²) in [4.78, 5) is 24.4. The van der Waals surface area contributed by atoms with Crippen LogP contribution in [0.25, 0.3) is 0 Å². The molecule has 0 bridgehead atoms. The fourth-order valence-electron chi connectivity index (χ4n) is 2.58. The number of amides is 2. The van der Waals surface area contributed by atoms with Gasteiger partial charge in [0.15, 0.2) is 0 Å². The summed E-state index contributed by atoms with van der Waals surface area (Å²) in [7, 11) is 1.51. The largest absolute Gasteiger partial charge is 0.495 e. The van der Waals surface area contributed by atoms with Gasteiger partial charge in [0.25, 0.3) is 0 Å². The molecule has 2 rings (SSSR count). The molecule has 144 valence electrons. The Balaban J connectivity index is 1.82. The Bertz CT molecular complexity index is 783. The van der Waals surface area contributed by atoms with Crippen LogP contribution in [-0.4, -0.2) is 25.5 Å². The highest BCUT2D eigenvalue weighted by Gasteiger charge is 2.21. The number of rotatable bonds is 8. The summed E-state index contributed by atoms with van der Waals surface area (Å²) in [5, 5.41) is 5.97. The third-order valence-electron chi connectivity index (χ3n) is 4.22. The number of nitrogens with one attached hydrogen (secondary N) is 2. The lowest BCUT2D eigenvalue weighted by Crippen LogP contribution is -2.36. The van der Waals surface area contributed by atoms with E-state index in [1.807, 2.05) is 30.3 Å². The number of anilines is 1. The van der Waals surface area contributed by atoms with Gasteiger partial charge in [0.05, 0.1) is 18.7 Å². The summed E-state index contributed by atoms with van der Waals surface area (Å²) in [6.07, 6.45) is 0.120. The number of ether oxygens (including phenoxy) is 1. The van der Waals surface area contributed by atoms with Gasteiger partial charge in [-0.2, -0.15) is 0 Å². The van der Waals surface area contributed by atoms with Crippen molar-refractivity contribution in [3.8, 4) is 5.75 Å². The third kappa shape index (κ3) is 5.98. The van der Waals surface area contributed by atoms with Crippen molar-refractivity contribution in [2.75, 3.05) is 19.0 Å². The molecule has 0 spiro atoms. The Morgan fingerprint density at radius 2 is 1.89 bits per heavy atom. The number of halogens is 1. The first-order chi connectivity index (χ1) is 12.9. The van der Waals surface area contributed by atoms with E-state index in [0.29, 0.717) is 16.5 Å². The van der Waals surface area contributed by atoms with Gasteiger partial charge in [0.2, 0.25) is 11.8 Å². The topological polar surface area (TPSA) is 93.5 Å². The van der Waals surface area contributed by atoms with Gasteiger partial charge in [-0.25, -0.2) is 0 Å². The predicted octanol–water partition coefficient (Wildman–Crippen LogP) is 3.13. The number of hydrogen-bond donors (Lipinski definition) is 3. The minimum Gasteiger partial charge on any atom is -0.495 e. The molecule has 6 nitrogen and oxygen atoms in total. The smallest absolute Gasteiger partial charge is 0.226 e. The minimum atomic E-state index is -0.413. The molecule has 0 aliphatic carbocycles. The highest BCUT2D eigenvalue weighted by Crippen LogP contribution is 2.27. The van der Waals surface area contributed by atoms with Gasteiger partial charge < -0.3 is 21.1 Å². The van der Waals surface area contributed by atoms with E-state index in [1.54, 1.807) is 25.1 Å². The first-order valence-corrected chi connectivity index (χ1v) is 9.01. The van der Waals surface area contributed by atoms with Crippen LogP contribution in [-0.2, 0) is 9.59 Å². The van der Waals surface area contributed by atoms with Crippen molar-refractivity contribution >= 4 is 29.1 Å². The molecule has 2 aromatic rings. The Kier molecular flexibility index (Phi) is 7.64. The molecular formula is C20H24ClN3O3. The number of hydrogen-bond acceptors (Lipinski definition) is 4. The number of nitrogens with two attached hydrogens (primary N) is 1. The van der Waals surface area contributed by atoms with E-state index >= 15 is 0 Å². The van der Waals surface area contributed by atoms with Crippen LogP contribution in [0.1, 0.15) is 24.9 Å². The quantitative estimate of drug-likeness (QED) is 0.646. The summed E-state index contributed by atoms with van der Waals surface area (Å²) >= 11 is 5.94. The van der Waals surface area contributed by atoms with Crippen molar-refractivity contribution in [1.82, 2.24) is 5.32 Å². The zero-order chi connectivity index (χ0) is 19.8. The zero-order valence-electron chi connectivity index (χ0n) is 15.4. The van der Waals surface area contributed by atoms with E-state index in [4.69, 9.17) is 22.1 Å². The van der Waals surface area contributed by atoms with Gasteiger partial charge in [-0.05, 0) is 23.8 Å². The molecular weight excluding hydrogens is 366 g/mol. The molecule has 4 N–H and O–H groups in total. The number of carbonyl (C=O) groups excluding carboxylic acids is 2. The SMILES string of the molecule is COc1ccc(Cl)cc1NC(=O)CCNC(=O)C(C)C(N)c1ccccc1. The molecule has 0 aliphatic rings. The molecule has 0 aliphatic heterocycles. The fraction of sp³-hybridized carbons (Fsp3) is 0.300. The van der Waals surface area contributed by atoms with Gasteiger partial charge in [0.1, 0.15) is 5.75 Å². The van der Waals surface area contributed by atoms with Gasteiger partial charge in [-0.15, -0.1) is 0 Å². The molecule has 0 heterocycles. The molecule has 2 amide bonds. The monoisotopic (exact) mass is 389 g/mol. The standard InChI is InChI=1S/C20H24ClN3O3/c1-13(19(22)14-6-4-3-5-7-14)20(26)23-11-10-18(25)24-16-12-15(21)8-9-17(16)27-2/h3-9,12-13,19H,10-11,22H2,1-2H3,(H,23,26)(H,24,25). The average molecular weight is 390 g/mol. The highest BCUT2D eigenvalue weighted by atomic mass is 35.5. The molecule has 0 aromatic heterocycles. The van der Waals surface area contributed by atoms with Crippen LogP contribution in [0.3, 0.4) is 0 Å². The number of methoxy groups -OCH3 is 1. The average Bonchev–Trinajstić information content (AvgIpc) is 2.67. The predicted molar refractivity (Wildman–Crippen MR) is 107 cm³/mol. The molecule has 27 heavy (non-hydrogen) atoms. The van der Waals surface area contributed by atoms with Crippen LogP contribution in [0.15, 0.2) is 48.5 Å². The lowest BCUT2D eigenvalue weighted by molar-refractivity contribution is -0.125. The van der Waals surface area contributed by atoms with E-state index in [2.05, 4.69) is 10.6 Å². The summed E-state index contributed by atoms with van der Waals surface area (Å²) < 4.78 is 5.19. The lowest BCUT2D eigenvalue weighted by Gasteiger charge is -2.19. The second-order valence-electron chi connectivity index (χ2n) is 6.16. The molecule has 0 saturated heterocycles. The van der Waals surface area contributed by atoms with Crippen molar-refractivity contribution in [2.24, 2.45) is 11.7 Å². The molecule has 0 radical (unpaired) electrons. The normalized spacial score (nSPS) is 12.7. The second kappa shape index (κ2) is 9.94. The van der Waals surface area contributed by atoms with E-state index in [-0.39, 0.29) is 24.8 Å². The number of benzene rings is 2. The number of carbonyl (C=O) groups is 2. The summed E-state index contributed by atoms with van der Waals surface area (Å²) in [6, 6.07) is 14.0. The van der Waals surface area contributed by atoms with E-state index in [9.17, 15) is 9.59 Å². The Morgan fingerprint density at radius 3 is 2.56 bits per heavy atom. The van der Waals surface area contributed by atoms with Crippen LogP contribution in [0.2, 0.25) is 5.02 Å². The molecule has 2 aromatic carbocycles. The Labute approximate surface area is 164 Å². The first kappa shape index (κ1) is 20.7. The van der Waals surface area contributed by atoms with Gasteiger partial charge in [0, 0.05) is 24.0 Å². The van der Waals surface area contributed by atoms with E-state index in [0.717, 1.165) is 5.56 Å². The maximum Gasteiger partial charge on any atom is 0.226 e. The van der Waals surface area contributed by atoms with Crippen molar-refractivity contribution in [3.05, 3.63) is 59.1 Å². The maximum absolute atomic E-state index is 12.3. The maximum atomic E-state index is 12.3.